The molecular formula is C11H16. The Kier molecular flexibility index (Phi) is 1.45. The van der Waals surface area contributed by atoms with Crippen LogP contribution in [0.2, 0.25) is 0 Å². The SMILES string of the molecule is C=CC1CC2(CC)C=CC1C2. The van der Waals surface area contributed by atoms with Crippen molar-refractivity contribution in [2.24, 2.45) is 17.3 Å². The molecule has 11 heavy (non-hydrogen) atoms. The average Bonchev–Trinajstić information content (AvgIpc) is 2.61. The van der Waals surface area contributed by atoms with Gasteiger partial charge in [0.05, 0.1) is 0 Å². The molecule has 0 N–H and O–H groups in total. The molecule has 0 spiro atoms. The van der Waals surface area contributed by atoms with E-state index in [4.69, 9.17) is 0 Å². The van der Waals surface area contributed by atoms with E-state index in [0.29, 0.717) is 5.41 Å². The highest BCUT2D eigenvalue weighted by molar-refractivity contribution is 5.20. The number of hydrogen-bond donors (Lipinski definition) is 0. The number of rotatable bonds is 2. The fraction of sp³-hybridized carbons (Fsp3) is 0.636. The lowest BCUT2D eigenvalue weighted by Gasteiger charge is -2.22. The van der Waals surface area contributed by atoms with Gasteiger partial charge in [0.15, 0.2) is 0 Å². The van der Waals surface area contributed by atoms with Crippen LogP contribution in [0.4, 0.5) is 0 Å². The lowest BCUT2D eigenvalue weighted by atomic mass is 9.82. The summed E-state index contributed by atoms with van der Waals surface area (Å²) in [6.07, 6.45) is 11.0. The second kappa shape index (κ2) is 2.23. The van der Waals surface area contributed by atoms with Crippen LogP contribution < -0.4 is 0 Å². The third kappa shape index (κ3) is 0.885. The molecule has 0 nitrogen and oxygen atoms in total. The predicted molar refractivity (Wildman–Crippen MR) is 48.3 cm³/mol. The molecule has 0 aromatic carbocycles. The highest BCUT2D eigenvalue weighted by Gasteiger charge is 2.44. The first-order valence-corrected chi connectivity index (χ1v) is 4.61. The first-order valence-electron chi connectivity index (χ1n) is 4.61. The summed E-state index contributed by atoms with van der Waals surface area (Å²) in [5.41, 5.74) is 0.573. The maximum Gasteiger partial charge on any atom is -0.0109 e. The summed E-state index contributed by atoms with van der Waals surface area (Å²) >= 11 is 0. The van der Waals surface area contributed by atoms with Crippen LogP contribution in [0.3, 0.4) is 0 Å². The predicted octanol–water partition coefficient (Wildman–Crippen LogP) is 3.16. The molecule has 0 aliphatic heterocycles. The number of hydrogen-bond acceptors (Lipinski definition) is 0. The molecule has 1 fully saturated rings. The zero-order chi connectivity index (χ0) is 7.90. The second-order valence-corrected chi connectivity index (χ2v) is 4.05. The molecule has 0 heteroatoms. The van der Waals surface area contributed by atoms with Crippen molar-refractivity contribution >= 4 is 0 Å². The molecule has 3 atom stereocenters. The Morgan fingerprint density at radius 2 is 2.45 bits per heavy atom. The average molecular weight is 148 g/mol. The van der Waals surface area contributed by atoms with E-state index in [9.17, 15) is 0 Å². The van der Waals surface area contributed by atoms with E-state index in [0.717, 1.165) is 11.8 Å². The van der Waals surface area contributed by atoms with Gasteiger partial charge in [-0.25, -0.2) is 0 Å². The molecule has 0 heterocycles. The van der Waals surface area contributed by atoms with Gasteiger partial charge in [-0.15, -0.1) is 6.58 Å². The summed E-state index contributed by atoms with van der Waals surface area (Å²) in [5, 5.41) is 0. The van der Waals surface area contributed by atoms with Crippen LogP contribution in [0.25, 0.3) is 0 Å². The summed E-state index contributed by atoms with van der Waals surface area (Å²) in [5.74, 6) is 1.60. The van der Waals surface area contributed by atoms with Crippen molar-refractivity contribution in [3.63, 3.8) is 0 Å². The molecule has 2 aliphatic carbocycles. The molecule has 3 unspecified atom stereocenters. The van der Waals surface area contributed by atoms with Crippen LogP contribution >= 0.6 is 0 Å². The monoisotopic (exact) mass is 148 g/mol. The minimum atomic E-state index is 0.573. The lowest BCUT2D eigenvalue weighted by molar-refractivity contribution is 0.377. The first-order chi connectivity index (χ1) is 5.29. The maximum absolute atomic E-state index is 3.89. The highest BCUT2D eigenvalue weighted by atomic mass is 14.5. The van der Waals surface area contributed by atoms with Crippen LogP contribution in [0.15, 0.2) is 24.8 Å². The fourth-order valence-electron chi connectivity index (χ4n) is 2.66. The Morgan fingerprint density at radius 3 is 2.91 bits per heavy atom. The number of allylic oxidation sites excluding steroid dienone is 3. The quantitative estimate of drug-likeness (QED) is 0.528. The molecule has 2 rings (SSSR count). The minimum absolute atomic E-state index is 0.573. The van der Waals surface area contributed by atoms with Crippen molar-refractivity contribution in [1.82, 2.24) is 0 Å². The van der Waals surface area contributed by atoms with Crippen molar-refractivity contribution in [3.05, 3.63) is 24.8 Å². The molecule has 0 saturated heterocycles. The van der Waals surface area contributed by atoms with Crippen molar-refractivity contribution in [1.29, 1.82) is 0 Å². The summed E-state index contributed by atoms with van der Waals surface area (Å²) in [6.45, 7) is 6.20. The van der Waals surface area contributed by atoms with Gasteiger partial charge in [-0.05, 0) is 36.5 Å². The van der Waals surface area contributed by atoms with Crippen LogP contribution in [0.5, 0.6) is 0 Å². The van der Waals surface area contributed by atoms with Gasteiger partial charge in [-0.1, -0.05) is 25.2 Å². The molecule has 60 valence electrons. The van der Waals surface area contributed by atoms with Gasteiger partial charge in [0.1, 0.15) is 0 Å². The zero-order valence-electron chi connectivity index (χ0n) is 7.22. The van der Waals surface area contributed by atoms with Crippen LogP contribution in [0, 0.1) is 17.3 Å². The van der Waals surface area contributed by atoms with E-state index in [2.05, 4.69) is 31.7 Å². The minimum Gasteiger partial charge on any atom is -0.103 e. The van der Waals surface area contributed by atoms with Crippen LogP contribution in [0.1, 0.15) is 26.2 Å². The third-order valence-corrected chi connectivity index (χ3v) is 3.54. The van der Waals surface area contributed by atoms with Gasteiger partial charge >= 0.3 is 0 Å². The van der Waals surface area contributed by atoms with Gasteiger partial charge in [0.25, 0.3) is 0 Å². The molecule has 2 bridgehead atoms. The second-order valence-electron chi connectivity index (χ2n) is 4.05. The molecule has 2 aliphatic rings. The molecule has 0 aromatic rings. The summed E-state index contributed by atoms with van der Waals surface area (Å²) in [4.78, 5) is 0. The van der Waals surface area contributed by atoms with Crippen LogP contribution in [-0.4, -0.2) is 0 Å². The third-order valence-electron chi connectivity index (χ3n) is 3.54. The van der Waals surface area contributed by atoms with Gasteiger partial charge in [-0.3, -0.25) is 0 Å². The van der Waals surface area contributed by atoms with E-state index in [1.807, 2.05) is 0 Å². The van der Waals surface area contributed by atoms with Crippen LogP contribution in [-0.2, 0) is 0 Å². The Bertz CT molecular complexity index is 202. The first kappa shape index (κ1) is 7.15. The molecule has 0 amide bonds. The smallest absolute Gasteiger partial charge is 0.0109 e. The topological polar surface area (TPSA) is 0 Å². The van der Waals surface area contributed by atoms with E-state index in [1.54, 1.807) is 0 Å². The van der Waals surface area contributed by atoms with Gasteiger partial charge in [-0.2, -0.15) is 0 Å². The Labute approximate surface area is 69.0 Å². The molecular weight excluding hydrogens is 132 g/mol. The summed E-state index contributed by atoms with van der Waals surface area (Å²) in [6, 6.07) is 0. The summed E-state index contributed by atoms with van der Waals surface area (Å²) in [7, 11) is 0. The van der Waals surface area contributed by atoms with E-state index in [-0.39, 0.29) is 0 Å². The number of fused-ring (bicyclic) bond motifs is 2. The summed E-state index contributed by atoms with van der Waals surface area (Å²) < 4.78 is 0. The van der Waals surface area contributed by atoms with Crippen molar-refractivity contribution in [3.8, 4) is 0 Å². The zero-order valence-corrected chi connectivity index (χ0v) is 7.22. The van der Waals surface area contributed by atoms with Gasteiger partial charge in [0.2, 0.25) is 0 Å². The van der Waals surface area contributed by atoms with Crippen molar-refractivity contribution < 1.29 is 0 Å². The standard InChI is InChI=1S/C11H16/c1-3-9-7-11(4-2)6-5-10(9)8-11/h3,5-6,9-10H,1,4,7-8H2,2H3. The lowest BCUT2D eigenvalue weighted by Crippen LogP contribution is -2.11. The maximum atomic E-state index is 3.89. The normalized spacial score (nSPS) is 46.6. The molecule has 1 saturated carbocycles. The fourth-order valence-corrected chi connectivity index (χ4v) is 2.66. The van der Waals surface area contributed by atoms with E-state index < -0.39 is 0 Å². The Balaban J connectivity index is 2.22. The van der Waals surface area contributed by atoms with Gasteiger partial charge in [0, 0.05) is 0 Å². The molecule has 0 aromatic heterocycles. The van der Waals surface area contributed by atoms with Crippen molar-refractivity contribution in [2.45, 2.75) is 26.2 Å². The van der Waals surface area contributed by atoms with Crippen molar-refractivity contribution in [2.75, 3.05) is 0 Å². The molecule has 0 radical (unpaired) electrons. The van der Waals surface area contributed by atoms with E-state index in [1.165, 1.54) is 19.3 Å². The Hall–Kier alpha value is -0.520. The van der Waals surface area contributed by atoms with E-state index >= 15 is 0 Å². The highest BCUT2D eigenvalue weighted by Crippen LogP contribution is 2.54. The largest absolute Gasteiger partial charge is 0.103 e. The Morgan fingerprint density at radius 1 is 1.64 bits per heavy atom. The van der Waals surface area contributed by atoms with Gasteiger partial charge < -0.3 is 0 Å².